The minimum absolute atomic E-state index is 0.0496. The molecule has 1 aliphatic heterocycles. The predicted molar refractivity (Wildman–Crippen MR) is 63.6 cm³/mol. The molecule has 2 N–H and O–H groups in total. The Morgan fingerprint density at radius 3 is 3.12 bits per heavy atom. The van der Waals surface area contributed by atoms with Crippen molar-refractivity contribution in [2.24, 2.45) is 5.92 Å². The van der Waals surface area contributed by atoms with Crippen LogP contribution in [0.25, 0.3) is 0 Å². The molecule has 0 bridgehead atoms. The van der Waals surface area contributed by atoms with E-state index < -0.39 is 0 Å². The molecule has 1 aliphatic rings. The quantitative estimate of drug-likeness (QED) is 0.771. The summed E-state index contributed by atoms with van der Waals surface area (Å²) in [6, 6.07) is 1.83. The molecule has 5 heteroatoms. The van der Waals surface area contributed by atoms with Crippen LogP contribution in [0, 0.1) is 12.8 Å². The number of hydrogen-bond acceptors (Lipinski definition) is 3. The molecular formula is C11H14ClN3O. The molecule has 0 saturated carbocycles. The van der Waals surface area contributed by atoms with E-state index in [0.717, 1.165) is 25.1 Å². The summed E-state index contributed by atoms with van der Waals surface area (Å²) in [5, 5.41) is 6.49. The maximum absolute atomic E-state index is 11.8. The fourth-order valence-electron chi connectivity index (χ4n) is 1.75. The monoisotopic (exact) mass is 239 g/mol. The highest BCUT2D eigenvalue weighted by Crippen LogP contribution is 2.17. The number of rotatable bonds is 2. The summed E-state index contributed by atoms with van der Waals surface area (Å²) in [5.74, 6) is 0.115. The highest BCUT2D eigenvalue weighted by atomic mass is 35.5. The summed E-state index contributed by atoms with van der Waals surface area (Å²) in [5.41, 5.74) is 1.57. The largest absolute Gasteiger partial charge is 0.324 e. The molecular weight excluding hydrogens is 226 g/mol. The first-order valence-electron chi connectivity index (χ1n) is 5.30. The van der Waals surface area contributed by atoms with Gasteiger partial charge in [-0.05, 0) is 31.5 Å². The lowest BCUT2D eigenvalue weighted by Crippen LogP contribution is -2.24. The number of nitrogens with zero attached hydrogens (tertiary/aromatic N) is 1. The number of aryl methyl sites for hydroxylation is 1. The van der Waals surface area contributed by atoms with E-state index >= 15 is 0 Å². The molecule has 0 radical (unpaired) electrons. The zero-order chi connectivity index (χ0) is 11.5. The van der Waals surface area contributed by atoms with Gasteiger partial charge in [-0.25, -0.2) is 4.98 Å². The van der Waals surface area contributed by atoms with Crippen molar-refractivity contribution in [3.63, 3.8) is 0 Å². The molecule has 0 aromatic carbocycles. The average molecular weight is 240 g/mol. The summed E-state index contributed by atoms with van der Waals surface area (Å²) in [6.07, 6.45) is 2.47. The van der Waals surface area contributed by atoms with E-state index in [-0.39, 0.29) is 11.8 Å². The van der Waals surface area contributed by atoms with Crippen LogP contribution >= 0.6 is 11.6 Å². The van der Waals surface area contributed by atoms with E-state index in [1.165, 1.54) is 0 Å². The number of hydrogen-bond donors (Lipinski definition) is 2. The topological polar surface area (TPSA) is 54.0 Å². The Kier molecular flexibility index (Phi) is 3.41. The minimum atomic E-state index is 0.0496. The first kappa shape index (κ1) is 11.4. The van der Waals surface area contributed by atoms with Crippen LogP contribution in [-0.4, -0.2) is 24.0 Å². The number of carbonyl (C=O) groups is 1. The van der Waals surface area contributed by atoms with Crippen molar-refractivity contribution in [3.8, 4) is 0 Å². The second kappa shape index (κ2) is 4.80. The lowest BCUT2D eigenvalue weighted by molar-refractivity contribution is -0.119. The maximum Gasteiger partial charge on any atom is 0.228 e. The molecule has 1 saturated heterocycles. The number of pyridine rings is 1. The lowest BCUT2D eigenvalue weighted by atomic mass is 10.1. The smallest absolute Gasteiger partial charge is 0.228 e. The normalized spacial score (nSPS) is 19.8. The van der Waals surface area contributed by atoms with Crippen LogP contribution in [0.4, 0.5) is 5.69 Å². The van der Waals surface area contributed by atoms with Crippen molar-refractivity contribution in [2.45, 2.75) is 13.3 Å². The Balaban J connectivity index is 2.02. The lowest BCUT2D eigenvalue weighted by Gasteiger charge is -2.10. The number of carbonyl (C=O) groups excluding carboxylic acids is 1. The van der Waals surface area contributed by atoms with Gasteiger partial charge in [0.15, 0.2) is 0 Å². The van der Waals surface area contributed by atoms with E-state index in [2.05, 4.69) is 15.6 Å². The Morgan fingerprint density at radius 1 is 1.69 bits per heavy atom. The molecule has 0 spiro atoms. The van der Waals surface area contributed by atoms with Gasteiger partial charge in [-0.15, -0.1) is 0 Å². The standard InChI is InChI=1S/C11H14ClN3O/c1-7-4-9(6-14-10(7)12)15-11(16)8-2-3-13-5-8/h4,6,8,13H,2-3,5H2,1H3,(H,15,16). The molecule has 1 unspecified atom stereocenters. The van der Waals surface area contributed by atoms with Gasteiger partial charge in [-0.1, -0.05) is 11.6 Å². The van der Waals surface area contributed by atoms with Crippen LogP contribution in [0.5, 0.6) is 0 Å². The van der Waals surface area contributed by atoms with Gasteiger partial charge >= 0.3 is 0 Å². The van der Waals surface area contributed by atoms with Crippen molar-refractivity contribution < 1.29 is 4.79 Å². The van der Waals surface area contributed by atoms with Gasteiger partial charge in [0.1, 0.15) is 5.15 Å². The Bertz CT molecular complexity index is 402. The highest BCUT2D eigenvalue weighted by Gasteiger charge is 2.22. The molecule has 1 amide bonds. The van der Waals surface area contributed by atoms with Crippen molar-refractivity contribution in [3.05, 3.63) is 23.0 Å². The number of anilines is 1. The fraction of sp³-hybridized carbons (Fsp3) is 0.455. The van der Waals surface area contributed by atoms with Crippen LogP contribution in [-0.2, 0) is 4.79 Å². The van der Waals surface area contributed by atoms with Crippen LogP contribution < -0.4 is 10.6 Å². The summed E-state index contributed by atoms with van der Waals surface area (Å²) in [7, 11) is 0. The number of amides is 1. The van der Waals surface area contributed by atoms with Crippen LogP contribution in [0.3, 0.4) is 0 Å². The van der Waals surface area contributed by atoms with Gasteiger partial charge in [0, 0.05) is 6.54 Å². The minimum Gasteiger partial charge on any atom is -0.324 e. The maximum atomic E-state index is 11.8. The molecule has 1 fully saturated rings. The second-order valence-corrected chi connectivity index (χ2v) is 4.37. The van der Waals surface area contributed by atoms with Gasteiger partial charge in [0.05, 0.1) is 17.8 Å². The van der Waals surface area contributed by atoms with Crippen LogP contribution in [0.2, 0.25) is 5.15 Å². The number of aromatic nitrogens is 1. The molecule has 4 nitrogen and oxygen atoms in total. The third-order valence-corrected chi connectivity index (χ3v) is 3.11. The zero-order valence-electron chi connectivity index (χ0n) is 9.09. The van der Waals surface area contributed by atoms with E-state index in [9.17, 15) is 4.79 Å². The summed E-state index contributed by atoms with van der Waals surface area (Å²) in [4.78, 5) is 15.8. The van der Waals surface area contributed by atoms with Gasteiger partial charge in [-0.2, -0.15) is 0 Å². The van der Waals surface area contributed by atoms with Crippen molar-refractivity contribution in [1.29, 1.82) is 0 Å². The fourth-order valence-corrected chi connectivity index (χ4v) is 1.85. The van der Waals surface area contributed by atoms with Gasteiger partial charge in [0.2, 0.25) is 5.91 Å². The van der Waals surface area contributed by atoms with E-state index in [4.69, 9.17) is 11.6 Å². The SMILES string of the molecule is Cc1cc(NC(=O)C2CCNC2)cnc1Cl. The number of halogens is 1. The second-order valence-electron chi connectivity index (χ2n) is 4.01. The molecule has 86 valence electrons. The van der Waals surface area contributed by atoms with Gasteiger partial charge in [-0.3, -0.25) is 4.79 Å². The van der Waals surface area contributed by atoms with Gasteiger partial charge < -0.3 is 10.6 Å². The van der Waals surface area contributed by atoms with Crippen LogP contribution in [0.1, 0.15) is 12.0 Å². The molecule has 0 aliphatic carbocycles. The van der Waals surface area contributed by atoms with Gasteiger partial charge in [0.25, 0.3) is 0 Å². The molecule has 1 atom stereocenters. The first-order valence-corrected chi connectivity index (χ1v) is 5.68. The van der Waals surface area contributed by atoms with E-state index in [0.29, 0.717) is 10.8 Å². The van der Waals surface area contributed by atoms with E-state index in [1.807, 2.05) is 13.0 Å². The summed E-state index contributed by atoms with van der Waals surface area (Å²) < 4.78 is 0. The zero-order valence-corrected chi connectivity index (χ0v) is 9.84. The third-order valence-electron chi connectivity index (χ3n) is 2.71. The molecule has 1 aromatic rings. The third kappa shape index (κ3) is 2.51. The van der Waals surface area contributed by atoms with Crippen molar-refractivity contribution >= 4 is 23.2 Å². The van der Waals surface area contributed by atoms with Crippen LogP contribution in [0.15, 0.2) is 12.3 Å². The molecule has 2 heterocycles. The first-order chi connectivity index (χ1) is 7.66. The Labute approximate surface area is 99.4 Å². The predicted octanol–water partition coefficient (Wildman–Crippen LogP) is 1.59. The average Bonchev–Trinajstić information content (AvgIpc) is 2.77. The highest BCUT2D eigenvalue weighted by molar-refractivity contribution is 6.30. The van der Waals surface area contributed by atoms with E-state index in [1.54, 1.807) is 6.20 Å². The number of nitrogens with one attached hydrogen (secondary N) is 2. The van der Waals surface area contributed by atoms with Crippen molar-refractivity contribution in [2.75, 3.05) is 18.4 Å². The summed E-state index contributed by atoms with van der Waals surface area (Å²) >= 11 is 5.81. The molecule has 2 rings (SSSR count). The van der Waals surface area contributed by atoms with Crippen molar-refractivity contribution in [1.82, 2.24) is 10.3 Å². The Morgan fingerprint density at radius 2 is 2.50 bits per heavy atom. The molecule has 16 heavy (non-hydrogen) atoms. The Hall–Kier alpha value is -1.13. The molecule has 1 aromatic heterocycles. The summed E-state index contributed by atoms with van der Waals surface area (Å²) in [6.45, 7) is 3.53.